The second-order valence-corrected chi connectivity index (χ2v) is 5.34. The Labute approximate surface area is 120 Å². The highest BCUT2D eigenvalue weighted by molar-refractivity contribution is 5.37. The summed E-state index contributed by atoms with van der Waals surface area (Å²) >= 11 is 0. The molecule has 2 rings (SSSR count). The minimum Gasteiger partial charge on any atom is -0.320 e. The lowest BCUT2D eigenvalue weighted by atomic mass is 9.87. The fourth-order valence-corrected chi connectivity index (χ4v) is 2.52. The van der Waals surface area contributed by atoms with Crippen LogP contribution in [-0.2, 0) is 0 Å². The van der Waals surface area contributed by atoms with Crippen molar-refractivity contribution >= 4 is 0 Å². The Bertz CT molecular complexity index is 577. The smallest absolute Gasteiger partial charge is 0.123 e. The summed E-state index contributed by atoms with van der Waals surface area (Å²) in [7, 11) is 1.95. The second-order valence-electron chi connectivity index (χ2n) is 5.34. The van der Waals surface area contributed by atoms with Crippen molar-refractivity contribution in [2.45, 2.75) is 26.2 Å². The van der Waals surface area contributed by atoms with Gasteiger partial charge in [0, 0.05) is 5.92 Å². The van der Waals surface area contributed by atoms with Crippen molar-refractivity contribution < 1.29 is 4.39 Å². The summed E-state index contributed by atoms with van der Waals surface area (Å²) in [6.45, 7) is 5.15. The lowest BCUT2D eigenvalue weighted by Crippen LogP contribution is -2.13. The Morgan fingerprint density at radius 3 is 2.40 bits per heavy atom. The summed E-state index contributed by atoms with van der Waals surface area (Å²) < 4.78 is 13.5. The molecular weight excluding hydrogens is 249 g/mol. The molecule has 2 aromatic carbocycles. The van der Waals surface area contributed by atoms with Crippen LogP contribution in [0.2, 0.25) is 0 Å². The summed E-state index contributed by atoms with van der Waals surface area (Å²) in [5.74, 6) is 0.0678. The molecule has 1 atom stereocenters. The molecular formula is C18H22FN. The number of halogens is 1. The number of nitrogens with one attached hydrogen (secondary N) is 1. The molecule has 2 aromatic rings. The molecule has 106 valence electrons. The molecule has 0 saturated carbocycles. The van der Waals surface area contributed by atoms with E-state index >= 15 is 0 Å². The van der Waals surface area contributed by atoms with E-state index in [1.54, 1.807) is 12.1 Å². The van der Waals surface area contributed by atoms with Crippen molar-refractivity contribution in [3.8, 4) is 0 Å². The van der Waals surface area contributed by atoms with Gasteiger partial charge in [0.2, 0.25) is 0 Å². The maximum absolute atomic E-state index is 13.5. The minimum atomic E-state index is -0.166. The van der Waals surface area contributed by atoms with Gasteiger partial charge in [-0.25, -0.2) is 4.39 Å². The van der Waals surface area contributed by atoms with Gasteiger partial charge in [-0.1, -0.05) is 30.3 Å². The molecule has 0 aromatic heterocycles. The number of aryl methyl sites for hydroxylation is 2. The van der Waals surface area contributed by atoms with E-state index in [4.69, 9.17) is 0 Å². The number of hydrogen-bond acceptors (Lipinski definition) is 1. The van der Waals surface area contributed by atoms with E-state index in [0.29, 0.717) is 0 Å². The van der Waals surface area contributed by atoms with Crippen molar-refractivity contribution in [1.29, 1.82) is 0 Å². The maximum Gasteiger partial charge on any atom is 0.123 e. The van der Waals surface area contributed by atoms with E-state index in [9.17, 15) is 4.39 Å². The first-order valence-electron chi connectivity index (χ1n) is 7.09. The fourth-order valence-electron chi connectivity index (χ4n) is 2.52. The van der Waals surface area contributed by atoms with Gasteiger partial charge in [0.15, 0.2) is 0 Å². The Balaban J connectivity index is 2.38. The Hall–Kier alpha value is -1.67. The molecule has 0 radical (unpaired) electrons. The predicted molar refractivity (Wildman–Crippen MR) is 82.7 cm³/mol. The van der Waals surface area contributed by atoms with Crippen LogP contribution in [0, 0.1) is 19.7 Å². The Morgan fingerprint density at radius 1 is 1.00 bits per heavy atom. The normalized spacial score (nSPS) is 12.4. The third-order valence-electron chi connectivity index (χ3n) is 3.87. The van der Waals surface area contributed by atoms with Crippen LogP contribution in [0.1, 0.15) is 34.6 Å². The monoisotopic (exact) mass is 271 g/mol. The molecule has 0 spiro atoms. The molecule has 0 amide bonds. The van der Waals surface area contributed by atoms with E-state index in [-0.39, 0.29) is 11.7 Å². The van der Waals surface area contributed by atoms with E-state index < -0.39 is 0 Å². The SMILES string of the molecule is CNCCC(c1cccc(F)c1)c1ccc(C)c(C)c1. The van der Waals surface area contributed by atoms with Crippen LogP contribution in [0.5, 0.6) is 0 Å². The lowest BCUT2D eigenvalue weighted by molar-refractivity contribution is 0.615. The van der Waals surface area contributed by atoms with Crippen molar-refractivity contribution in [2.24, 2.45) is 0 Å². The van der Waals surface area contributed by atoms with E-state index in [1.807, 2.05) is 13.1 Å². The standard InChI is InChI=1S/C18H22FN/c1-13-7-8-16(11-14(13)2)18(9-10-20-3)15-5-4-6-17(19)12-15/h4-8,11-12,18,20H,9-10H2,1-3H3. The summed E-state index contributed by atoms with van der Waals surface area (Å²) in [6.07, 6.45) is 0.961. The van der Waals surface area contributed by atoms with Crippen molar-refractivity contribution in [2.75, 3.05) is 13.6 Å². The molecule has 1 unspecified atom stereocenters. The van der Waals surface area contributed by atoms with Crippen LogP contribution < -0.4 is 5.32 Å². The molecule has 0 heterocycles. The molecule has 1 nitrogen and oxygen atoms in total. The third-order valence-corrected chi connectivity index (χ3v) is 3.87. The molecule has 1 N–H and O–H groups in total. The predicted octanol–water partition coefficient (Wildman–Crippen LogP) is 4.18. The topological polar surface area (TPSA) is 12.0 Å². The highest BCUT2D eigenvalue weighted by atomic mass is 19.1. The molecule has 0 fully saturated rings. The fraction of sp³-hybridized carbons (Fsp3) is 0.333. The average molecular weight is 271 g/mol. The zero-order valence-electron chi connectivity index (χ0n) is 12.4. The zero-order valence-corrected chi connectivity index (χ0v) is 12.4. The summed E-state index contributed by atoms with van der Waals surface area (Å²) in [6, 6.07) is 13.5. The largest absolute Gasteiger partial charge is 0.320 e. The van der Waals surface area contributed by atoms with Gasteiger partial charge in [-0.3, -0.25) is 0 Å². The van der Waals surface area contributed by atoms with E-state index in [1.165, 1.54) is 22.8 Å². The van der Waals surface area contributed by atoms with E-state index in [0.717, 1.165) is 18.5 Å². The van der Waals surface area contributed by atoms with Crippen molar-refractivity contribution in [3.63, 3.8) is 0 Å². The first-order chi connectivity index (χ1) is 9.61. The van der Waals surface area contributed by atoms with Crippen molar-refractivity contribution in [3.05, 3.63) is 70.5 Å². The molecule has 0 aliphatic heterocycles. The molecule has 20 heavy (non-hydrogen) atoms. The quantitative estimate of drug-likeness (QED) is 0.860. The van der Waals surface area contributed by atoms with Gasteiger partial charge in [0.05, 0.1) is 0 Å². The lowest BCUT2D eigenvalue weighted by Gasteiger charge is -2.19. The highest BCUT2D eigenvalue weighted by Crippen LogP contribution is 2.29. The zero-order chi connectivity index (χ0) is 14.5. The summed E-state index contributed by atoms with van der Waals surface area (Å²) in [5, 5.41) is 3.18. The summed E-state index contributed by atoms with van der Waals surface area (Å²) in [5.41, 5.74) is 4.88. The van der Waals surface area contributed by atoms with Crippen LogP contribution in [0.25, 0.3) is 0 Å². The van der Waals surface area contributed by atoms with Crippen LogP contribution in [-0.4, -0.2) is 13.6 Å². The molecule has 0 saturated heterocycles. The molecule has 0 bridgehead atoms. The van der Waals surface area contributed by atoms with Gasteiger partial charge in [-0.15, -0.1) is 0 Å². The highest BCUT2D eigenvalue weighted by Gasteiger charge is 2.15. The number of benzene rings is 2. The van der Waals surface area contributed by atoms with Gasteiger partial charge >= 0.3 is 0 Å². The van der Waals surface area contributed by atoms with Gasteiger partial charge in [-0.05, 0) is 68.2 Å². The van der Waals surface area contributed by atoms with Gasteiger partial charge in [-0.2, -0.15) is 0 Å². The second kappa shape index (κ2) is 6.67. The van der Waals surface area contributed by atoms with Gasteiger partial charge < -0.3 is 5.32 Å². The van der Waals surface area contributed by atoms with Crippen LogP contribution in [0.4, 0.5) is 4.39 Å². The van der Waals surface area contributed by atoms with Crippen molar-refractivity contribution in [1.82, 2.24) is 5.32 Å². The van der Waals surface area contributed by atoms with Crippen LogP contribution >= 0.6 is 0 Å². The number of rotatable bonds is 5. The Morgan fingerprint density at radius 2 is 1.75 bits per heavy atom. The number of hydrogen-bond donors (Lipinski definition) is 1. The first kappa shape index (κ1) is 14.7. The summed E-state index contributed by atoms with van der Waals surface area (Å²) in [4.78, 5) is 0. The minimum absolute atomic E-state index is 0.166. The van der Waals surface area contributed by atoms with Gasteiger partial charge in [0.1, 0.15) is 5.82 Å². The first-order valence-corrected chi connectivity index (χ1v) is 7.09. The average Bonchev–Trinajstić information content (AvgIpc) is 2.43. The van der Waals surface area contributed by atoms with Crippen LogP contribution in [0.15, 0.2) is 42.5 Å². The Kier molecular flexibility index (Phi) is 4.91. The third kappa shape index (κ3) is 3.45. The molecule has 2 heteroatoms. The molecule has 0 aliphatic rings. The van der Waals surface area contributed by atoms with Crippen LogP contribution in [0.3, 0.4) is 0 Å². The molecule has 0 aliphatic carbocycles. The van der Waals surface area contributed by atoms with Gasteiger partial charge in [0.25, 0.3) is 0 Å². The van der Waals surface area contributed by atoms with E-state index in [2.05, 4.69) is 37.4 Å². The maximum atomic E-state index is 13.5.